The lowest BCUT2D eigenvalue weighted by molar-refractivity contribution is 0.712. The summed E-state index contributed by atoms with van der Waals surface area (Å²) in [5.41, 5.74) is 6.14. The molecule has 0 saturated carbocycles. The highest BCUT2D eigenvalue weighted by Gasteiger charge is 2.00. The lowest BCUT2D eigenvalue weighted by Gasteiger charge is -2.07. The first kappa shape index (κ1) is 12.0. The monoisotopic (exact) mass is 224 g/mol. The molecule has 0 aliphatic heterocycles. The summed E-state index contributed by atoms with van der Waals surface area (Å²) in [7, 11) is 0. The lowest BCUT2D eigenvalue weighted by Crippen LogP contribution is -1.88. The van der Waals surface area contributed by atoms with Gasteiger partial charge < -0.3 is 0 Å². The number of hydrogen-bond donors (Lipinski definition) is 0. The molecule has 0 heteroatoms. The third kappa shape index (κ3) is 3.76. The quantitative estimate of drug-likeness (QED) is 0.634. The minimum Gasteiger partial charge on any atom is -0.124 e. The molecule has 17 heavy (non-hydrogen) atoms. The average molecular weight is 224 g/mol. The van der Waals surface area contributed by atoms with E-state index in [1.165, 1.54) is 36.8 Å². The fourth-order valence-electron chi connectivity index (χ4n) is 2.15. The van der Waals surface area contributed by atoms with Gasteiger partial charge in [-0.05, 0) is 49.0 Å². The van der Waals surface area contributed by atoms with Crippen molar-refractivity contribution in [3.63, 3.8) is 0 Å². The van der Waals surface area contributed by atoms with Gasteiger partial charge in [0.25, 0.3) is 0 Å². The molecule has 0 heterocycles. The van der Waals surface area contributed by atoms with Crippen LogP contribution in [0.5, 0.6) is 0 Å². The molecule has 1 unspecified atom stereocenters. The number of allylic oxidation sites excluding steroid dienone is 3. The molecule has 0 radical (unpaired) electrons. The summed E-state index contributed by atoms with van der Waals surface area (Å²) >= 11 is 0. The maximum absolute atomic E-state index is 3.34. The second kappa shape index (κ2) is 6.27. The van der Waals surface area contributed by atoms with Crippen LogP contribution in [0.15, 0.2) is 59.9 Å². The molecule has 0 saturated heterocycles. The minimum absolute atomic E-state index is 0.441. The Morgan fingerprint density at radius 1 is 1.18 bits per heavy atom. The highest BCUT2D eigenvalue weighted by atomic mass is 14.0. The highest BCUT2D eigenvalue weighted by Crippen LogP contribution is 2.18. The van der Waals surface area contributed by atoms with E-state index in [4.69, 9.17) is 0 Å². The van der Waals surface area contributed by atoms with Crippen LogP contribution in [0.25, 0.3) is 0 Å². The Labute approximate surface area is 104 Å². The molecular weight excluding hydrogens is 204 g/mol. The van der Waals surface area contributed by atoms with Crippen LogP contribution < -0.4 is 0 Å². The van der Waals surface area contributed by atoms with Crippen molar-refractivity contribution in [1.82, 2.24) is 0 Å². The smallest absolute Gasteiger partial charge is 0.00655 e. The van der Waals surface area contributed by atoms with E-state index in [0.717, 1.165) is 0 Å². The van der Waals surface area contributed by atoms with Crippen LogP contribution in [0.2, 0.25) is 0 Å². The van der Waals surface area contributed by atoms with E-state index in [0.29, 0.717) is 5.92 Å². The van der Waals surface area contributed by atoms with Gasteiger partial charge in [-0.15, -0.1) is 5.73 Å². The van der Waals surface area contributed by atoms with Gasteiger partial charge in [-0.25, -0.2) is 0 Å². The molecule has 1 atom stereocenters. The van der Waals surface area contributed by atoms with Crippen LogP contribution >= 0.6 is 0 Å². The molecule has 0 aromatic heterocycles. The van der Waals surface area contributed by atoms with Crippen molar-refractivity contribution >= 4 is 0 Å². The zero-order valence-electron chi connectivity index (χ0n) is 10.5. The second-order valence-corrected chi connectivity index (χ2v) is 4.70. The number of benzene rings is 1. The molecule has 1 aromatic rings. The van der Waals surface area contributed by atoms with Crippen molar-refractivity contribution in [3.05, 3.63) is 65.4 Å². The van der Waals surface area contributed by atoms with E-state index in [-0.39, 0.29) is 0 Å². The van der Waals surface area contributed by atoms with Gasteiger partial charge in [0.15, 0.2) is 0 Å². The third-order valence-electron chi connectivity index (χ3n) is 3.27. The predicted molar refractivity (Wildman–Crippen MR) is 74.1 cm³/mol. The largest absolute Gasteiger partial charge is 0.124 e. The topological polar surface area (TPSA) is 0 Å². The summed E-state index contributed by atoms with van der Waals surface area (Å²) in [5, 5.41) is 0. The van der Waals surface area contributed by atoms with Crippen LogP contribution in [0.1, 0.15) is 44.1 Å². The van der Waals surface area contributed by atoms with E-state index in [2.05, 4.69) is 61.2 Å². The van der Waals surface area contributed by atoms with Gasteiger partial charge in [0.1, 0.15) is 0 Å². The maximum Gasteiger partial charge on any atom is 0.00655 e. The molecule has 0 nitrogen and oxygen atoms in total. The maximum atomic E-state index is 3.34. The Morgan fingerprint density at radius 2 is 2.00 bits per heavy atom. The highest BCUT2D eigenvalue weighted by molar-refractivity contribution is 5.25. The normalized spacial score (nSPS) is 16.6. The predicted octanol–water partition coefficient (Wildman–Crippen LogP) is 5.00. The minimum atomic E-state index is 0.441. The van der Waals surface area contributed by atoms with E-state index < -0.39 is 0 Å². The zero-order valence-corrected chi connectivity index (χ0v) is 10.5. The molecule has 0 spiro atoms. The zero-order chi connectivity index (χ0) is 11.9. The molecule has 1 aromatic carbocycles. The van der Waals surface area contributed by atoms with Gasteiger partial charge in [-0.2, -0.15) is 0 Å². The average Bonchev–Trinajstić information content (AvgIpc) is 2.41. The van der Waals surface area contributed by atoms with Crippen molar-refractivity contribution in [1.29, 1.82) is 0 Å². The van der Waals surface area contributed by atoms with Crippen LogP contribution in [-0.4, -0.2) is 0 Å². The number of hydrogen-bond acceptors (Lipinski definition) is 0. The van der Waals surface area contributed by atoms with Crippen molar-refractivity contribution in [2.75, 3.05) is 0 Å². The molecule has 2 rings (SSSR count). The van der Waals surface area contributed by atoms with Crippen LogP contribution in [0, 0.1) is 0 Å². The Kier molecular flexibility index (Phi) is 4.41. The first-order valence-corrected chi connectivity index (χ1v) is 6.53. The standard InChI is InChI=1S/C17H20/c1-15(17-13-6-3-7-14-17)9-8-12-16-10-4-2-5-11-16/h3,6-7,9-10,12-15H,2,4-5,11H2,1H3. The summed E-state index contributed by atoms with van der Waals surface area (Å²) in [5.74, 6) is 0.441. The van der Waals surface area contributed by atoms with Gasteiger partial charge in [0.2, 0.25) is 0 Å². The summed E-state index contributed by atoms with van der Waals surface area (Å²) in [6.45, 7) is 2.21. The molecule has 0 amide bonds. The van der Waals surface area contributed by atoms with Crippen LogP contribution in [0.3, 0.4) is 0 Å². The molecule has 0 N–H and O–H groups in total. The van der Waals surface area contributed by atoms with E-state index in [1.54, 1.807) is 0 Å². The van der Waals surface area contributed by atoms with Gasteiger partial charge in [0, 0.05) is 5.92 Å². The summed E-state index contributed by atoms with van der Waals surface area (Å²) in [6.07, 6.45) is 11.8. The first-order valence-electron chi connectivity index (χ1n) is 6.53. The SMILES string of the molecule is CC(C=C=CC1=CCCCC1)c1ccccc1. The van der Waals surface area contributed by atoms with Crippen molar-refractivity contribution in [2.24, 2.45) is 0 Å². The van der Waals surface area contributed by atoms with Gasteiger partial charge in [-0.3, -0.25) is 0 Å². The van der Waals surface area contributed by atoms with Gasteiger partial charge >= 0.3 is 0 Å². The Balaban J connectivity index is 2.00. The Morgan fingerprint density at radius 3 is 2.71 bits per heavy atom. The van der Waals surface area contributed by atoms with E-state index in [1.807, 2.05) is 0 Å². The Bertz CT molecular complexity index is 430. The molecule has 0 bridgehead atoms. The second-order valence-electron chi connectivity index (χ2n) is 4.70. The van der Waals surface area contributed by atoms with Gasteiger partial charge in [0.05, 0.1) is 0 Å². The van der Waals surface area contributed by atoms with Crippen molar-refractivity contribution < 1.29 is 0 Å². The first-order chi connectivity index (χ1) is 8.36. The lowest BCUT2D eigenvalue weighted by atomic mass is 9.98. The third-order valence-corrected chi connectivity index (χ3v) is 3.27. The van der Waals surface area contributed by atoms with E-state index >= 15 is 0 Å². The van der Waals surface area contributed by atoms with Gasteiger partial charge in [-0.1, -0.05) is 43.3 Å². The van der Waals surface area contributed by atoms with E-state index in [9.17, 15) is 0 Å². The fraction of sp³-hybridized carbons (Fsp3) is 0.353. The Hall–Kier alpha value is -1.52. The molecule has 1 aliphatic carbocycles. The summed E-state index contributed by atoms with van der Waals surface area (Å²) in [4.78, 5) is 0. The molecular formula is C17H20. The molecule has 88 valence electrons. The van der Waals surface area contributed by atoms with Crippen LogP contribution in [-0.2, 0) is 0 Å². The van der Waals surface area contributed by atoms with Crippen molar-refractivity contribution in [2.45, 2.75) is 38.5 Å². The summed E-state index contributed by atoms with van der Waals surface area (Å²) in [6, 6.07) is 10.6. The number of rotatable bonds is 3. The van der Waals surface area contributed by atoms with Crippen molar-refractivity contribution in [3.8, 4) is 0 Å². The van der Waals surface area contributed by atoms with Crippen LogP contribution in [0.4, 0.5) is 0 Å². The fourth-order valence-corrected chi connectivity index (χ4v) is 2.15. The molecule has 1 aliphatic rings. The molecule has 0 fully saturated rings. The summed E-state index contributed by atoms with van der Waals surface area (Å²) < 4.78 is 0.